The predicted octanol–water partition coefficient (Wildman–Crippen LogP) is 5.51. The highest BCUT2D eigenvalue weighted by Gasteiger charge is 2.36. The van der Waals surface area contributed by atoms with Gasteiger partial charge in [-0.3, -0.25) is 9.69 Å². The van der Waals surface area contributed by atoms with Crippen LogP contribution in [0.15, 0.2) is 30.6 Å². The molecule has 10 nitrogen and oxygen atoms in total. The molecule has 0 radical (unpaired) electrons. The zero-order chi connectivity index (χ0) is 29.1. The number of ether oxygens (including phenoxy) is 1. The van der Waals surface area contributed by atoms with Gasteiger partial charge in [-0.1, -0.05) is 0 Å². The lowest BCUT2D eigenvalue weighted by molar-refractivity contribution is 0.00564. The van der Waals surface area contributed by atoms with E-state index < -0.39 is 23.1 Å². The van der Waals surface area contributed by atoms with Gasteiger partial charge in [0, 0.05) is 44.2 Å². The summed E-state index contributed by atoms with van der Waals surface area (Å²) in [4.78, 5) is 33.1. The first-order valence-corrected chi connectivity index (χ1v) is 13.1. The maximum atomic E-state index is 15.8. The highest BCUT2D eigenvalue weighted by Crippen LogP contribution is 2.34. The fourth-order valence-corrected chi connectivity index (χ4v) is 5.29. The summed E-state index contributed by atoms with van der Waals surface area (Å²) >= 11 is 0. The molecule has 0 bridgehead atoms. The fourth-order valence-electron chi connectivity index (χ4n) is 5.29. The van der Waals surface area contributed by atoms with E-state index in [2.05, 4.69) is 15.4 Å². The minimum Gasteiger partial charge on any atom is -0.444 e. The molecule has 3 aromatic heterocycles. The van der Waals surface area contributed by atoms with Gasteiger partial charge in [-0.15, -0.1) is 5.10 Å². The molecule has 0 aliphatic carbocycles. The van der Waals surface area contributed by atoms with Crippen molar-refractivity contribution < 1.29 is 23.1 Å². The lowest BCUT2D eigenvalue weighted by Crippen LogP contribution is -2.59. The monoisotopic (exact) mass is 553 g/mol. The van der Waals surface area contributed by atoms with E-state index in [1.54, 1.807) is 30.3 Å². The van der Waals surface area contributed by atoms with Gasteiger partial charge >= 0.3 is 6.09 Å². The zero-order valence-electron chi connectivity index (χ0n) is 23.6. The van der Waals surface area contributed by atoms with Crippen LogP contribution in [-0.4, -0.2) is 66.8 Å². The third kappa shape index (κ3) is 5.05. The van der Waals surface area contributed by atoms with Gasteiger partial charge in [0.15, 0.2) is 17.3 Å². The molecule has 4 heterocycles. The first-order valence-electron chi connectivity index (χ1n) is 13.1. The number of nitrogens with one attached hydrogen (secondary N) is 1. The number of benzene rings is 1. The standard InChI is InChI=1S/C28H33F2N7O3/c1-15-11-35-14-19(8-22(30)26(35)31-15)32-25-24-21(29)9-20(10-23(24)37(33-25)18(4)38)34-12-16(2)36(17(3)13-34)27(39)40-28(5,6)7/h8-11,14,16-17H,12-13H2,1-7H3,(H,32,33)/t16-,17+. The number of carbonyl (C=O) groups is 2. The molecule has 40 heavy (non-hydrogen) atoms. The van der Waals surface area contributed by atoms with Crippen LogP contribution in [0.1, 0.15) is 52.0 Å². The maximum Gasteiger partial charge on any atom is 0.410 e. The van der Waals surface area contributed by atoms with Gasteiger partial charge in [0.2, 0.25) is 5.91 Å². The van der Waals surface area contributed by atoms with Crippen molar-refractivity contribution in [2.45, 2.75) is 66.2 Å². The van der Waals surface area contributed by atoms with Crippen molar-refractivity contribution in [3.05, 3.63) is 47.9 Å². The first kappa shape index (κ1) is 27.4. The Morgan fingerprint density at radius 3 is 2.35 bits per heavy atom. The molecule has 1 aromatic carbocycles. The number of imidazole rings is 1. The van der Waals surface area contributed by atoms with Crippen LogP contribution in [0.4, 0.5) is 30.8 Å². The molecule has 2 atom stereocenters. The number of nitrogens with zero attached hydrogens (tertiary/aromatic N) is 6. The Bertz CT molecular complexity index is 1630. The van der Waals surface area contributed by atoms with Crippen LogP contribution >= 0.6 is 0 Å². The number of aromatic nitrogens is 4. The predicted molar refractivity (Wildman–Crippen MR) is 148 cm³/mol. The number of rotatable bonds is 3. The van der Waals surface area contributed by atoms with Crippen LogP contribution in [-0.2, 0) is 4.74 Å². The molecule has 1 saturated heterocycles. The molecule has 4 aromatic rings. The van der Waals surface area contributed by atoms with E-state index in [4.69, 9.17) is 4.74 Å². The summed E-state index contributed by atoms with van der Waals surface area (Å²) in [7, 11) is 0. The van der Waals surface area contributed by atoms with E-state index in [0.717, 1.165) is 4.68 Å². The van der Waals surface area contributed by atoms with Gasteiger partial charge in [0.1, 0.15) is 11.4 Å². The Morgan fingerprint density at radius 1 is 1.05 bits per heavy atom. The Hall–Kier alpha value is -4.22. The maximum absolute atomic E-state index is 15.8. The van der Waals surface area contributed by atoms with E-state index in [9.17, 15) is 14.0 Å². The van der Waals surface area contributed by atoms with Crippen molar-refractivity contribution in [1.29, 1.82) is 0 Å². The fraction of sp³-hybridized carbons (Fsp3) is 0.429. The lowest BCUT2D eigenvalue weighted by atomic mass is 10.1. The number of fused-ring (bicyclic) bond motifs is 2. The summed E-state index contributed by atoms with van der Waals surface area (Å²) in [5.74, 6) is -1.46. The summed E-state index contributed by atoms with van der Waals surface area (Å²) in [5.41, 5.74) is 1.36. The molecule has 1 amide bonds. The molecule has 1 aliphatic heterocycles. The number of pyridine rings is 1. The number of aryl methyl sites for hydroxylation is 1. The molecular formula is C28H33F2N7O3. The quantitative estimate of drug-likeness (QED) is 0.357. The van der Waals surface area contributed by atoms with Crippen molar-refractivity contribution in [2.24, 2.45) is 0 Å². The van der Waals surface area contributed by atoms with Crippen LogP contribution in [0.5, 0.6) is 0 Å². The number of hydrogen-bond donors (Lipinski definition) is 1. The number of halogens is 2. The van der Waals surface area contributed by atoms with Crippen molar-refractivity contribution >= 4 is 45.7 Å². The van der Waals surface area contributed by atoms with Gasteiger partial charge in [-0.05, 0) is 53.7 Å². The molecule has 0 spiro atoms. The van der Waals surface area contributed by atoms with Gasteiger partial charge in [0.05, 0.1) is 34.4 Å². The first-order chi connectivity index (χ1) is 18.7. The average molecular weight is 554 g/mol. The largest absolute Gasteiger partial charge is 0.444 e. The van der Waals surface area contributed by atoms with Crippen molar-refractivity contribution in [3.63, 3.8) is 0 Å². The number of carbonyl (C=O) groups excluding carboxylic acids is 2. The van der Waals surface area contributed by atoms with Crippen LogP contribution in [0.3, 0.4) is 0 Å². The van der Waals surface area contributed by atoms with E-state index in [1.807, 2.05) is 39.5 Å². The van der Waals surface area contributed by atoms with Gasteiger partial charge in [-0.25, -0.2) is 18.6 Å². The van der Waals surface area contributed by atoms with Crippen molar-refractivity contribution in [3.8, 4) is 0 Å². The van der Waals surface area contributed by atoms with Gasteiger partial charge < -0.3 is 19.4 Å². The van der Waals surface area contributed by atoms with Gasteiger partial charge in [-0.2, -0.15) is 4.68 Å². The molecule has 1 aliphatic rings. The normalized spacial score (nSPS) is 18.0. The van der Waals surface area contributed by atoms with E-state index in [-0.39, 0.29) is 40.5 Å². The molecule has 212 valence electrons. The average Bonchev–Trinajstić information content (AvgIpc) is 3.38. The third-order valence-electron chi connectivity index (χ3n) is 6.80. The number of anilines is 3. The summed E-state index contributed by atoms with van der Waals surface area (Å²) in [6.45, 7) is 13.3. The highest BCUT2D eigenvalue weighted by molar-refractivity contribution is 5.99. The second-order valence-corrected chi connectivity index (χ2v) is 11.4. The SMILES string of the molecule is CC(=O)n1nc(Nc2cc(F)c3nc(C)cn3c2)c2c(F)cc(N3C[C@@H](C)N(C(=O)OC(C)(C)C)[C@@H](C)C3)cc21. The Kier molecular flexibility index (Phi) is 6.67. The van der Waals surface area contributed by atoms with Crippen molar-refractivity contribution in [2.75, 3.05) is 23.3 Å². The smallest absolute Gasteiger partial charge is 0.410 e. The zero-order valence-corrected chi connectivity index (χ0v) is 23.6. The van der Waals surface area contributed by atoms with Crippen LogP contribution in [0.25, 0.3) is 16.6 Å². The Balaban J connectivity index is 1.48. The number of hydrogen-bond acceptors (Lipinski definition) is 7. The molecule has 1 fully saturated rings. The van der Waals surface area contributed by atoms with Crippen LogP contribution < -0.4 is 10.2 Å². The molecular weight excluding hydrogens is 520 g/mol. The third-order valence-corrected chi connectivity index (χ3v) is 6.80. The molecule has 0 unspecified atom stereocenters. The highest BCUT2D eigenvalue weighted by atomic mass is 19.1. The number of piperazine rings is 1. The summed E-state index contributed by atoms with van der Waals surface area (Å²) in [5, 5.41) is 7.40. The van der Waals surface area contributed by atoms with E-state index in [1.165, 1.54) is 23.5 Å². The van der Waals surface area contributed by atoms with Crippen LogP contribution in [0.2, 0.25) is 0 Å². The Labute approximate surface area is 230 Å². The summed E-state index contributed by atoms with van der Waals surface area (Å²) in [6.07, 6.45) is 2.91. The molecule has 5 rings (SSSR count). The topological polar surface area (TPSA) is 97.0 Å². The molecule has 12 heteroatoms. The Morgan fingerprint density at radius 2 is 1.73 bits per heavy atom. The van der Waals surface area contributed by atoms with Gasteiger partial charge in [0.25, 0.3) is 0 Å². The van der Waals surface area contributed by atoms with E-state index in [0.29, 0.717) is 30.2 Å². The van der Waals surface area contributed by atoms with Crippen LogP contribution in [0, 0.1) is 18.6 Å². The summed E-state index contributed by atoms with van der Waals surface area (Å²) in [6, 6.07) is 3.95. The summed E-state index contributed by atoms with van der Waals surface area (Å²) < 4.78 is 38.7. The van der Waals surface area contributed by atoms with Crippen molar-refractivity contribution in [1.82, 2.24) is 24.1 Å². The second-order valence-electron chi connectivity index (χ2n) is 11.4. The lowest BCUT2D eigenvalue weighted by Gasteiger charge is -2.45. The molecule has 1 N–H and O–H groups in total. The van der Waals surface area contributed by atoms with E-state index >= 15 is 4.39 Å². The second kappa shape index (κ2) is 9.76. The minimum atomic E-state index is -0.617. The minimum absolute atomic E-state index is 0.0846. The molecule has 0 saturated carbocycles. The number of amides is 1.